The van der Waals surface area contributed by atoms with Gasteiger partial charge >= 0.3 is 0 Å². The molecule has 0 saturated carbocycles. The third-order valence-corrected chi connectivity index (χ3v) is 6.20. The number of nitrogens with zero attached hydrogens (tertiary/aromatic N) is 1. The summed E-state index contributed by atoms with van der Waals surface area (Å²) in [5, 5.41) is 1.32. The van der Waals surface area contributed by atoms with Crippen molar-refractivity contribution in [3.63, 3.8) is 0 Å². The minimum absolute atomic E-state index is 0. The van der Waals surface area contributed by atoms with Gasteiger partial charge in [-0.25, -0.2) is 0 Å². The highest BCUT2D eigenvalue weighted by Gasteiger charge is 2.08. The second-order valence-corrected chi connectivity index (χ2v) is 8.33. The first-order valence-electron chi connectivity index (χ1n) is 11.9. The van der Waals surface area contributed by atoms with E-state index in [1.807, 2.05) is 37.4 Å². The molecule has 0 saturated heterocycles. The molecule has 0 fully saturated rings. The molecule has 0 aliphatic heterocycles. The Bertz CT molecular complexity index is 1010. The van der Waals surface area contributed by atoms with Crippen molar-refractivity contribution in [1.29, 1.82) is 0 Å². The Balaban J connectivity index is 0.000000418. The summed E-state index contributed by atoms with van der Waals surface area (Å²) in [5.41, 5.74) is 3.89. The van der Waals surface area contributed by atoms with Crippen LogP contribution in [0.4, 0.5) is 0 Å². The van der Waals surface area contributed by atoms with Gasteiger partial charge in [-0.1, -0.05) is 72.7 Å². The first-order valence-corrected chi connectivity index (χ1v) is 12.7. The van der Waals surface area contributed by atoms with Gasteiger partial charge in [0, 0.05) is 22.0 Å². The Morgan fingerprint density at radius 3 is 2.27 bits per heavy atom. The third kappa shape index (κ3) is 8.66. The summed E-state index contributed by atoms with van der Waals surface area (Å²) < 4.78 is 7.27. The van der Waals surface area contributed by atoms with E-state index in [4.69, 9.17) is 4.74 Å². The molecule has 0 radical (unpaired) electrons. The van der Waals surface area contributed by atoms with E-state index < -0.39 is 0 Å². The number of unbranched alkanes of at least 4 members (excludes halogenated alkanes) is 1. The summed E-state index contributed by atoms with van der Waals surface area (Å²) in [5.74, 6) is 1.04. The summed E-state index contributed by atoms with van der Waals surface area (Å²) in [4.78, 5) is 5.29. The maximum atomic E-state index is 5.92. The van der Waals surface area contributed by atoms with Crippen molar-refractivity contribution < 1.29 is 4.74 Å². The van der Waals surface area contributed by atoms with Gasteiger partial charge in [-0.15, -0.1) is 11.3 Å². The molecule has 2 heterocycles. The summed E-state index contributed by atoms with van der Waals surface area (Å²) in [6.45, 7) is 11.3. The number of rotatable bonds is 7. The van der Waals surface area contributed by atoms with E-state index in [2.05, 4.69) is 80.4 Å². The van der Waals surface area contributed by atoms with Crippen molar-refractivity contribution in [1.82, 2.24) is 4.98 Å². The second kappa shape index (κ2) is 16.0. The SMILES string of the molecule is C.CC.CCCCOc1ccc(-c2cc3ccccc3s2)cc1CC.CCc1cccnc1. The van der Waals surface area contributed by atoms with Crippen LogP contribution in [0.1, 0.15) is 66.0 Å². The molecule has 0 N–H and O–H groups in total. The highest BCUT2D eigenvalue weighted by Crippen LogP contribution is 2.35. The largest absolute Gasteiger partial charge is 0.493 e. The summed E-state index contributed by atoms with van der Waals surface area (Å²) in [6.07, 6.45) is 8.04. The molecule has 0 aliphatic rings. The van der Waals surface area contributed by atoms with Gasteiger partial charge in [-0.05, 0) is 77.7 Å². The molecule has 2 aromatic carbocycles. The number of thiophene rings is 1. The minimum Gasteiger partial charge on any atom is -0.493 e. The molecule has 0 atom stereocenters. The van der Waals surface area contributed by atoms with Crippen molar-refractivity contribution in [2.75, 3.05) is 6.61 Å². The van der Waals surface area contributed by atoms with Crippen molar-refractivity contribution in [3.8, 4) is 16.2 Å². The van der Waals surface area contributed by atoms with E-state index in [1.54, 1.807) is 6.20 Å². The van der Waals surface area contributed by atoms with Crippen LogP contribution in [0.5, 0.6) is 5.75 Å². The Labute approximate surface area is 205 Å². The predicted molar refractivity (Wildman–Crippen MR) is 149 cm³/mol. The van der Waals surface area contributed by atoms with Crippen molar-refractivity contribution in [2.45, 2.75) is 67.7 Å². The average molecular weight is 464 g/mol. The fraction of sp³-hybridized carbons (Fsp3) is 0.367. The van der Waals surface area contributed by atoms with Crippen molar-refractivity contribution in [3.05, 3.63) is 84.2 Å². The average Bonchev–Trinajstić information content (AvgIpc) is 3.31. The van der Waals surface area contributed by atoms with E-state index in [1.165, 1.54) is 38.1 Å². The molecular formula is C30H41NOS. The van der Waals surface area contributed by atoms with Gasteiger partial charge < -0.3 is 4.74 Å². The van der Waals surface area contributed by atoms with Crippen LogP contribution < -0.4 is 4.74 Å². The number of fused-ring (bicyclic) bond motifs is 1. The number of benzene rings is 2. The highest BCUT2D eigenvalue weighted by atomic mass is 32.1. The third-order valence-electron chi connectivity index (χ3n) is 5.04. The lowest BCUT2D eigenvalue weighted by atomic mass is 10.1. The Hall–Kier alpha value is -2.65. The van der Waals surface area contributed by atoms with Crippen molar-refractivity contribution >= 4 is 21.4 Å². The number of aromatic nitrogens is 1. The van der Waals surface area contributed by atoms with Crippen LogP contribution in [0.15, 0.2) is 73.1 Å². The fourth-order valence-corrected chi connectivity index (χ4v) is 4.27. The molecular weight excluding hydrogens is 422 g/mol. The van der Waals surface area contributed by atoms with E-state index in [0.717, 1.165) is 31.6 Å². The molecule has 0 aliphatic carbocycles. The van der Waals surface area contributed by atoms with Gasteiger partial charge in [0.15, 0.2) is 0 Å². The van der Waals surface area contributed by atoms with Gasteiger partial charge in [0.25, 0.3) is 0 Å². The predicted octanol–water partition coefficient (Wildman–Crippen LogP) is 9.62. The number of aryl methyl sites for hydroxylation is 2. The first kappa shape index (κ1) is 28.4. The summed E-state index contributed by atoms with van der Waals surface area (Å²) in [6, 6.07) is 21.5. The molecule has 3 heteroatoms. The molecule has 0 amide bonds. The van der Waals surface area contributed by atoms with Crippen LogP contribution >= 0.6 is 11.3 Å². The molecule has 0 spiro atoms. The van der Waals surface area contributed by atoms with Crippen LogP contribution in [-0.2, 0) is 12.8 Å². The van der Waals surface area contributed by atoms with Gasteiger partial charge in [-0.3, -0.25) is 4.98 Å². The topological polar surface area (TPSA) is 22.1 Å². The number of pyridine rings is 1. The first-order chi connectivity index (χ1) is 15.7. The quantitative estimate of drug-likeness (QED) is 0.254. The van der Waals surface area contributed by atoms with Gasteiger partial charge in [0.05, 0.1) is 6.61 Å². The lowest BCUT2D eigenvalue weighted by molar-refractivity contribution is 0.306. The van der Waals surface area contributed by atoms with Crippen LogP contribution in [0, 0.1) is 0 Å². The normalized spacial score (nSPS) is 9.73. The van der Waals surface area contributed by atoms with Crippen LogP contribution in [0.3, 0.4) is 0 Å². The van der Waals surface area contributed by atoms with E-state index in [-0.39, 0.29) is 7.43 Å². The minimum atomic E-state index is 0. The Morgan fingerprint density at radius 2 is 1.67 bits per heavy atom. The maximum Gasteiger partial charge on any atom is 0.122 e. The molecule has 0 bridgehead atoms. The van der Waals surface area contributed by atoms with Gasteiger partial charge in [-0.2, -0.15) is 0 Å². The lowest BCUT2D eigenvalue weighted by Gasteiger charge is -2.11. The van der Waals surface area contributed by atoms with Crippen LogP contribution in [0.25, 0.3) is 20.5 Å². The zero-order valence-corrected chi connectivity index (χ0v) is 21.0. The van der Waals surface area contributed by atoms with Crippen LogP contribution in [-0.4, -0.2) is 11.6 Å². The number of hydrogen-bond donors (Lipinski definition) is 0. The zero-order valence-electron chi connectivity index (χ0n) is 20.2. The van der Waals surface area contributed by atoms with Crippen molar-refractivity contribution in [2.24, 2.45) is 0 Å². The second-order valence-electron chi connectivity index (χ2n) is 7.24. The van der Waals surface area contributed by atoms with Crippen LogP contribution in [0.2, 0.25) is 0 Å². The van der Waals surface area contributed by atoms with E-state index in [9.17, 15) is 0 Å². The molecule has 2 aromatic heterocycles. The maximum absolute atomic E-state index is 5.92. The smallest absolute Gasteiger partial charge is 0.122 e. The molecule has 0 unspecified atom stereocenters. The Morgan fingerprint density at radius 1 is 0.879 bits per heavy atom. The summed E-state index contributed by atoms with van der Waals surface area (Å²) >= 11 is 1.86. The molecule has 33 heavy (non-hydrogen) atoms. The number of hydrogen-bond acceptors (Lipinski definition) is 3. The molecule has 178 valence electrons. The monoisotopic (exact) mass is 463 g/mol. The lowest BCUT2D eigenvalue weighted by Crippen LogP contribution is -1.99. The standard InChI is InChI=1S/C20H22OS.C7H9N.C2H6.CH4/c1-3-5-12-21-18-11-10-17(13-15(18)4-2)20-14-16-8-6-7-9-19(16)22-20;1-2-7-4-3-5-8-6-7;1-2;/h6-11,13-14H,3-5,12H2,1-2H3;3-6H,2H2,1H3;1-2H3;1H4. The van der Waals surface area contributed by atoms with Gasteiger partial charge in [0.1, 0.15) is 5.75 Å². The summed E-state index contributed by atoms with van der Waals surface area (Å²) in [7, 11) is 0. The molecule has 4 rings (SSSR count). The number of ether oxygens (including phenoxy) is 1. The van der Waals surface area contributed by atoms with Gasteiger partial charge in [0.2, 0.25) is 0 Å². The zero-order chi connectivity index (χ0) is 23.2. The highest BCUT2D eigenvalue weighted by molar-refractivity contribution is 7.22. The molecule has 4 aromatic rings. The van der Waals surface area contributed by atoms with E-state index >= 15 is 0 Å². The molecule has 2 nitrogen and oxygen atoms in total. The Kier molecular flexibility index (Phi) is 13.8. The fourth-order valence-electron chi connectivity index (χ4n) is 3.21. The van der Waals surface area contributed by atoms with E-state index in [0.29, 0.717) is 0 Å².